The molecular weight excluding hydrogens is 485 g/mol. The molecule has 1 fully saturated rings. The first-order valence-corrected chi connectivity index (χ1v) is 12.9. The molecule has 0 unspecified atom stereocenters. The number of nitrogens with zero attached hydrogens (tertiary/aromatic N) is 1. The van der Waals surface area contributed by atoms with E-state index in [2.05, 4.69) is 18.6 Å². The van der Waals surface area contributed by atoms with Crippen molar-refractivity contribution in [1.29, 1.82) is 0 Å². The van der Waals surface area contributed by atoms with Crippen molar-refractivity contribution in [3.05, 3.63) is 39.7 Å². The number of hydrogen-bond donors (Lipinski definition) is 1. The lowest BCUT2D eigenvalue weighted by Gasteiger charge is -2.19. The highest BCUT2D eigenvalue weighted by atomic mass is 35.5. The van der Waals surface area contributed by atoms with Crippen molar-refractivity contribution >= 4 is 38.6 Å². The van der Waals surface area contributed by atoms with Gasteiger partial charge in [0, 0.05) is 19.2 Å². The van der Waals surface area contributed by atoms with Crippen molar-refractivity contribution in [1.82, 2.24) is 4.90 Å². The normalized spacial score (nSPS) is 17.8. The van der Waals surface area contributed by atoms with Crippen molar-refractivity contribution in [3.63, 3.8) is 0 Å². The molecule has 1 saturated heterocycles. The Morgan fingerprint density at radius 2 is 2.03 bits per heavy atom. The number of rotatable bonds is 8. The molecule has 11 heteroatoms. The largest absolute Gasteiger partial charge is 0.488 e. The minimum atomic E-state index is -4.62. The lowest BCUT2D eigenvalue weighted by Crippen LogP contribution is -2.23. The minimum Gasteiger partial charge on any atom is -0.488 e. The summed E-state index contributed by atoms with van der Waals surface area (Å²) in [6.07, 6.45) is -2.91. The van der Waals surface area contributed by atoms with Gasteiger partial charge in [-0.15, -0.1) is 11.3 Å². The first-order chi connectivity index (χ1) is 14.8. The average Bonchev–Trinajstić information content (AvgIpc) is 3.24. The van der Waals surface area contributed by atoms with Crippen LogP contribution >= 0.6 is 22.9 Å². The molecule has 0 spiro atoms. The molecule has 0 radical (unpaired) electrons. The van der Waals surface area contributed by atoms with Gasteiger partial charge in [0.15, 0.2) is 0 Å². The summed E-state index contributed by atoms with van der Waals surface area (Å²) in [6, 6.07) is 4.53. The molecule has 1 aromatic heterocycles. The lowest BCUT2D eigenvalue weighted by atomic mass is 10.1. The summed E-state index contributed by atoms with van der Waals surface area (Å²) in [4.78, 5) is 1.96. The molecule has 1 N–H and O–H groups in total. The van der Waals surface area contributed by atoms with Crippen LogP contribution in [0.15, 0.2) is 28.5 Å². The van der Waals surface area contributed by atoms with Crippen molar-refractivity contribution in [2.75, 3.05) is 24.9 Å². The summed E-state index contributed by atoms with van der Waals surface area (Å²) in [6.45, 7) is 5.34. The number of alkyl halides is 3. The van der Waals surface area contributed by atoms with Crippen LogP contribution in [-0.4, -0.2) is 39.6 Å². The van der Waals surface area contributed by atoms with Crippen LogP contribution in [0, 0.1) is 5.92 Å². The summed E-state index contributed by atoms with van der Waals surface area (Å²) >= 11 is 7.15. The number of sulfonamides is 1. The number of thiophene rings is 1. The molecule has 2 aromatic rings. The number of ether oxygens (including phenoxy) is 1. The zero-order valence-corrected chi connectivity index (χ0v) is 20.4. The number of anilines is 1. The highest BCUT2D eigenvalue weighted by Crippen LogP contribution is 2.39. The summed E-state index contributed by atoms with van der Waals surface area (Å²) in [5, 5.41) is 0. The lowest BCUT2D eigenvalue weighted by molar-refractivity contribution is -0.139. The number of aryl methyl sites for hydroxylation is 1. The van der Waals surface area contributed by atoms with Crippen LogP contribution in [0.2, 0.25) is 4.34 Å². The Bertz CT molecular complexity index is 1060. The summed E-state index contributed by atoms with van der Waals surface area (Å²) in [5.41, 5.74) is -0.203. The molecule has 1 aliphatic rings. The van der Waals surface area contributed by atoms with Crippen LogP contribution in [-0.2, 0) is 22.6 Å². The third kappa shape index (κ3) is 6.30. The standard InChI is InChI=1S/C21H26ClF3N2O3S2/c1-13(2)4-5-14-10-19(31-20(14)22)32(28,29)26-15-6-7-17(21(23,24)25)18(11-15)30-16-8-9-27(3)12-16/h6-7,10-11,13,16,26H,4-5,8-9,12H2,1-3H3/t16-/m1/s1. The second kappa shape index (κ2) is 9.79. The van der Waals surface area contributed by atoms with Crippen molar-refractivity contribution < 1.29 is 26.3 Å². The van der Waals surface area contributed by atoms with Crippen LogP contribution in [0.4, 0.5) is 18.9 Å². The molecule has 3 rings (SSSR count). The van der Waals surface area contributed by atoms with E-state index in [-0.39, 0.29) is 15.6 Å². The molecule has 1 atom stereocenters. The van der Waals surface area contributed by atoms with E-state index in [1.165, 1.54) is 6.07 Å². The number of likely N-dealkylation sites (N-methyl/N-ethyl adjacent to an activating group) is 1. The van der Waals surface area contributed by atoms with Gasteiger partial charge in [-0.3, -0.25) is 4.72 Å². The molecule has 0 amide bonds. The van der Waals surface area contributed by atoms with E-state index in [0.29, 0.717) is 29.6 Å². The summed E-state index contributed by atoms with van der Waals surface area (Å²) in [5.74, 6) is 0.0502. The maximum atomic E-state index is 13.5. The van der Waals surface area contributed by atoms with Gasteiger partial charge >= 0.3 is 6.18 Å². The molecule has 178 valence electrons. The molecule has 0 bridgehead atoms. The van der Waals surface area contributed by atoms with E-state index >= 15 is 0 Å². The maximum absolute atomic E-state index is 13.5. The topological polar surface area (TPSA) is 58.6 Å². The fourth-order valence-electron chi connectivity index (χ4n) is 3.42. The second-order valence-corrected chi connectivity index (χ2v) is 12.0. The van der Waals surface area contributed by atoms with Crippen LogP contribution in [0.3, 0.4) is 0 Å². The Morgan fingerprint density at radius 1 is 1.31 bits per heavy atom. The number of hydrogen-bond acceptors (Lipinski definition) is 5. The third-order valence-corrected chi connectivity index (χ3v) is 8.47. The predicted molar refractivity (Wildman–Crippen MR) is 121 cm³/mol. The van der Waals surface area contributed by atoms with Gasteiger partial charge in [0.2, 0.25) is 0 Å². The first kappa shape index (κ1) is 25.1. The van der Waals surface area contributed by atoms with E-state index in [1.807, 2.05) is 11.9 Å². The Balaban J connectivity index is 1.84. The van der Waals surface area contributed by atoms with Gasteiger partial charge in [0.25, 0.3) is 10.0 Å². The van der Waals surface area contributed by atoms with Crippen LogP contribution in [0.1, 0.15) is 37.8 Å². The molecule has 5 nitrogen and oxygen atoms in total. The molecule has 2 heterocycles. The second-order valence-electron chi connectivity index (χ2n) is 8.40. The fraction of sp³-hybridized carbons (Fsp3) is 0.524. The smallest absolute Gasteiger partial charge is 0.419 e. The molecule has 1 aromatic carbocycles. The monoisotopic (exact) mass is 510 g/mol. The van der Waals surface area contributed by atoms with Gasteiger partial charge in [-0.2, -0.15) is 13.2 Å². The average molecular weight is 511 g/mol. The number of benzene rings is 1. The quantitative estimate of drug-likeness (QED) is 0.481. The maximum Gasteiger partial charge on any atom is 0.419 e. The van der Waals surface area contributed by atoms with Crippen molar-refractivity contribution in [3.8, 4) is 5.75 Å². The minimum absolute atomic E-state index is 0.00685. The highest BCUT2D eigenvalue weighted by Gasteiger charge is 2.36. The summed E-state index contributed by atoms with van der Waals surface area (Å²) in [7, 11) is -2.15. The van der Waals surface area contributed by atoms with Crippen LogP contribution < -0.4 is 9.46 Å². The van der Waals surface area contributed by atoms with Crippen LogP contribution in [0.25, 0.3) is 0 Å². The van der Waals surface area contributed by atoms with Gasteiger partial charge in [0.05, 0.1) is 15.6 Å². The van der Waals surface area contributed by atoms with Crippen molar-refractivity contribution in [2.24, 2.45) is 5.92 Å². The van der Waals surface area contributed by atoms with E-state index in [9.17, 15) is 21.6 Å². The van der Waals surface area contributed by atoms with Gasteiger partial charge in [-0.1, -0.05) is 25.4 Å². The van der Waals surface area contributed by atoms with Gasteiger partial charge in [-0.25, -0.2) is 8.42 Å². The Morgan fingerprint density at radius 3 is 2.62 bits per heavy atom. The molecule has 0 saturated carbocycles. The van der Waals surface area contributed by atoms with Crippen molar-refractivity contribution in [2.45, 2.75) is 49.6 Å². The van der Waals surface area contributed by atoms with E-state index in [1.54, 1.807) is 0 Å². The van der Waals surface area contributed by atoms with Gasteiger partial charge in [0.1, 0.15) is 16.1 Å². The zero-order valence-electron chi connectivity index (χ0n) is 18.0. The van der Waals surface area contributed by atoms with E-state index < -0.39 is 27.9 Å². The van der Waals surface area contributed by atoms with Gasteiger partial charge < -0.3 is 9.64 Å². The molecular formula is C21H26ClF3N2O3S2. The fourth-order valence-corrected chi connectivity index (χ4v) is 6.28. The number of halogens is 4. The van der Waals surface area contributed by atoms with E-state index in [4.69, 9.17) is 16.3 Å². The molecule has 0 aliphatic carbocycles. The molecule has 1 aliphatic heterocycles. The Kier molecular flexibility index (Phi) is 7.69. The Labute approximate surface area is 195 Å². The molecule has 32 heavy (non-hydrogen) atoms. The SMILES string of the molecule is CC(C)CCc1cc(S(=O)(=O)Nc2ccc(C(F)(F)F)c(O[C@@H]3CCN(C)C3)c2)sc1Cl. The summed E-state index contributed by atoms with van der Waals surface area (Å²) < 4.78 is 74.5. The van der Waals surface area contributed by atoms with Gasteiger partial charge in [-0.05, 0) is 56.0 Å². The first-order valence-electron chi connectivity index (χ1n) is 10.2. The number of nitrogens with one attached hydrogen (secondary N) is 1. The van der Waals surface area contributed by atoms with Crippen LogP contribution in [0.5, 0.6) is 5.75 Å². The third-order valence-electron chi connectivity index (χ3n) is 5.17. The zero-order chi connectivity index (χ0) is 23.7. The Hall–Kier alpha value is -1.49. The predicted octanol–water partition coefficient (Wildman–Crippen LogP) is 5.89. The van der Waals surface area contributed by atoms with E-state index in [0.717, 1.165) is 48.1 Å². The highest BCUT2D eigenvalue weighted by molar-refractivity contribution is 7.94. The number of likely N-dealkylation sites (tertiary alicyclic amines) is 1.